The van der Waals surface area contributed by atoms with E-state index in [2.05, 4.69) is 0 Å². The predicted molar refractivity (Wildman–Crippen MR) is 69.5 cm³/mol. The van der Waals surface area contributed by atoms with Crippen molar-refractivity contribution >= 4 is 11.9 Å². The fraction of sp³-hybridized carbons (Fsp3) is 0.0667. The molecule has 4 heteroatoms. The van der Waals surface area contributed by atoms with Crippen LogP contribution in [0.25, 0.3) is 0 Å². The van der Waals surface area contributed by atoms with Gasteiger partial charge in [0.25, 0.3) is 0 Å². The summed E-state index contributed by atoms with van der Waals surface area (Å²) in [5.74, 6) is -1.41. The number of hydrogen-bond donors (Lipinski definition) is 1. The number of benzene rings is 2. The molecule has 4 nitrogen and oxygen atoms in total. The molecule has 1 N–H and O–H groups in total. The molecule has 2 rings (SSSR count). The second kappa shape index (κ2) is 5.35. The van der Waals surface area contributed by atoms with E-state index in [-0.39, 0.29) is 11.1 Å². The molecule has 0 aliphatic rings. The van der Waals surface area contributed by atoms with Crippen molar-refractivity contribution in [3.63, 3.8) is 0 Å². The van der Waals surface area contributed by atoms with Crippen molar-refractivity contribution in [1.29, 1.82) is 0 Å². The van der Waals surface area contributed by atoms with E-state index in [1.807, 2.05) is 19.1 Å². The number of carbonyl (C=O) groups excluding carboxylic acids is 1. The van der Waals surface area contributed by atoms with Crippen LogP contribution in [0.5, 0.6) is 5.75 Å². The lowest BCUT2D eigenvalue weighted by Crippen LogP contribution is -2.14. The number of esters is 1. The zero-order chi connectivity index (χ0) is 13.8. The van der Waals surface area contributed by atoms with Gasteiger partial charge in [0.2, 0.25) is 0 Å². The first-order valence-electron chi connectivity index (χ1n) is 5.69. The molecule has 0 radical (unpaired) electrons. The predicted octanol–water partition coefficient (Wildman–Crippen LogP) is 2.91. The van der Waals surface area contributed by atoms with Crippen LogP contribution in [-0.4, -0.2) is 17.0 Å². The Morgan fingerprint density at radius 1 is 0.947 bits per heavy atom. The topological polar surface area (TPSA) is 63.6 Å². The van der Waals surface area contributed by atoms with Gasteiger partial charge in [0.05, 0.1) is 11.1 Å². The van der Waals surface area contributed by atoms with E-state index in [1.54, 1.807) is 24.3 Å². The Morgan fingerprint density at radius 2 is 1.53 bits per heavy atom. The molecule has 2 aromatic rings. The molecule has 0 saturated carbocycles. The molecule has 0 aromatic heterocycles. The van der Waals surface area contributed by atoms with Crippen LogP contribution in [0.2, 0.25) is 0 Å². The molecular formula is C15H12O4. The molecule has 0 saturated heterocycles. The van der Waals surface area contributed by atoms with Gasteiger partial charge in [-0.15, -0.1) is 0 Å². The van der Waals surface area contributed by atoms with Crippen molar-refractivity contribution in [2.24, 2.45) is 0 Å². The molecule has 0 spiro atoms. The zero-order valence-electron chi connectivity index (χ0n) is 10.3. The molecule has 0 unspecified atom stereocenters. The Bertz CT molecular complexity index is 632. The highest BCUT2D eigenvalue weighted by Crippen LogP contribution is 2.19. The number of ether oxygens (including phenoxy) is 1. The lowest BCUT2D eigenvalue weighted by molar-refractivity contribution is 0.0667. The number of aryl methyl sites for hydroxylation is 1. The average Bonchev–Trinajstić information content (AvgIpc) is 2.41. The maximum Gasteiger partial charge on any atom is 0.344 e. The van der Waals surface area contributed by atoms with E-state index >= 15 is 0 Å². The fourth-order valence-corrected chi connectivity index (χ4v) is 1.67. The highest BCUT2D eigenvalue weighted by Gasteiger charge is 2.17. The van der Waals surface area contributed by atoms with Gasteiger partial charge < -0.3 is 9.84 Å². The minimum atomic E-state index is -1.16. The second-order valence-corrected chi connectivity index (χ2v) is 4.01. The van der Waals surface area contributed by atoms with Crippen LogP contribution in [0.1, 0.15) is 26.3 Å². The molecule has 0 aliphatic heterocycles. The largest absolute Gasteiger partial charge is 0.478 e. The van der Waals surface area contributed by atoms with Gasteiger partial charge in [0.1, 0.15) is 5.75 Å². The second-order valence-electron chi connectivity index (χ2n) is 4.01. The Balaban J connectivity index is 2.31. The lowest BCUT2D eigenvalue weighted by Gasteiger charge is -2.08. The van der Waals surface area contributed by atoms with E-state index in [4.69, 9.17) is 9.84 Å². The SMILES string of the molecule is Cc1ccccc1OC(=O)c1ccccc1C(=O)O. The third-order valence-electron chi connectivity index (χ3n) is 2.67. The molecule has 2 aromatic carbocycles. The van der Waals surface area contributed by atoms with Crippen LogP contribution in [0.4, 0.5) is 0 Å². The number of para-hydroxylation sites is 1. The average molecular weight is 256 g/mol. The van der Waals surface area contributed by atoms with Crippen LogP contribution in [0.15, 0.2) is 48.5 Å². The minimum absolute atomic E-state index is 0.0400. The summed E-state index contributed by atoms with van der Waals surface area (Å²) < 4.78 is 5.22. The Morgan fingerprint density at radius 3 is 2.16 bits per heavy atom. The van der Waals surface area contributed by atoms with Gasteiger partial charge in [0, 0.05) is 0 Å². The minimum Gasteiger partial charge on any atom is -0.478 e. The van der Waals surface area contributed by atoms with Gasteiger partial charge >= 0.3 is 11.9 Å². The molecule has 0 fully saturated rings. The molecule has 0 aliphatic carbocycles. The van der Waals surface area contributed by atoms with Crippen LogP contribution in [0, 0.1) is 6.92 Å². The summed E-state index contributed by atoms with van der Waals surface area (Å²) in [6.45, 7) is 1.81. The van der Waals surface area contributed by atoms with Crippen molar-refractivity contribution in [2.75, 3.05) is 0 Å². The van der Waals surface area contributed by atoms with Crippen molar-refractivity contribution in [2.45, 2.75) is 6.92 Å². The summed E-state index contributed by atoms with van der Waals surface area (Å²) in [5.41, 5.74) is 0.781. The number of hydrogen-bond acceptors (Lipinski definition) is 3. The van der Waals surface area contributed by atoms with Gasteiger partial charge in [-0.25, -0.2) is 9.59 Å². The van der Waals surface area contributed by atoms with Crippen molar-refractivity contribution in [3.05, 3.63) is 65.2 Å². The molecular weight excluding hydrogens is 244 g/mol. The van der Waals surface area contributed by atoms with E-state index in [9.17, 15) is 9.59 Å². The monoisotopic (exact) mass is 256 g/mol. The first-order chi connectivity index (χ1) is 9.09. The number of carbonyl (C=O) groups is 2. The summed E-state index contributed by atoms with van der Waals surface area (Å²) in [4.78, 5) is 23.0. The van der Waals surface area contributed by atoms with Gasteiger partial charge in [-0.1, -0.05) is 30.3 Å². The van der Waals surface area contributed by atoms with E-state index in [1.165, 1.54) is 12.1 Å². The molecule has 96 valence electrons. The first kappa shape index (κ1) is 12.8. The lowest BCUT2D eigenvalue weighted by atomic mass is 10.1. The van der Waals surface area contributed by atoms with E-state index < -0.39 is 11.9 Å². The van der Waals surface area contributed by atoms with Gasteiger partial charge in [-0.05, 0) is 30.7 Å². The first-order valence-corrected chi connectivity index (χ1v) is 5.69. The molecule has 0 atom stereocenters. The Hall–Kier alpha value is -2.62. The van der Waals surface area contributed by atoms with Crippen LogP contribution in [-0.2, 0) is 0 Å². The maximum absolute atomic E-state index is 12.0. The number of rotatable bonds is 3. The fourth-order valence-electron chi connectivity index (χ4n) is 1.67. The van der Waals surface area contributed by atoms with Crippen molar-refractivity contribution < 1.29 is 19.4 Å². The van der Waals surface area contributed by atoms with Crippen molar-refractivity contribution in [3.8, 4) is 5.75 Å². The highest BCUT2D eigenvalue weighted by molar-refractivity contribution is 6.03. The Kier molecular flexibility index (Phi) is 3.61. The molecule has 0 amide bonds. The standard InChI is InChI=1S/C15H12O4/c1-10-6-2-5-9-13(10)19-15(18)12-8-4-3-7-11(12)14(16)17/h2-9H,1H3,(H,16,17). The van der Waals surface area contributed by atoms with E-state index in [0.717, 1.165) is 5.56 Å². The number of carboxylic acids is 1. The zero-order valence-corrected chi connectivity index (χ0v) is 10.3. The van der Waals surface area contributed by atoms with E-state index in [0.29, 0.717) is 5.75 Å². The summed E-state index contributed by atoms with van der Waals surface area (Å²) in [7, 11) is 0. The summed E-state index contributed by atoms with van der Waals surface area (Å²) in [5, 5.41) is 9.03. The maximum atomic E-state index is 12.0. The van der Waals surface area contributed by atoms with Crippen LogP contribution < -0.4 is 4.74 Å². The molecule has 0 bridgehead atoms. The Labute approximate surface area is 110 Å². The van der Waals surface area contributed by atoms with Crippen LogP contribution >= 0.6 is 0 Å². The summed E-state index contributed by atoms with van der Waals surface area (Å²) in [6.07, 6.45) is 0. The third-order valence-corrected chi connectivity index (χ3v) is 2.67. The van der Waals surface area contributed by atoms with Gasteiger partial charge in [-0.3, -0.25) is 0 Å². The van der Waals surface area contributed by atoms with Crippen LogP contribution in [0.3, 0.4) is 0 Å². The summed E-state index contributed by atoms with van der Waals surface area (Å²) >= 11 is 0. The molecule has 19 heavy (non-hydrogen) atoms. The quantitative estimate of drug-likeness (QED) is 0.677. The van der Waals surface area contributed by atoms with Gasteiger partial charge in [0.15, 0.2) is 0 Å². The smallest absolute Gasteiger partial charge is 0.344 e. The van der Waals surface area contributed by atoms with Gasteiger partial charge in [-0.2, -0.15) is 0 Å². The number of carboxylic acid groups (broad SMARTS) is 1. The normalized spacial score (nSPS) is 9.95. The number of aromatic carboxylic acids is 1. The highest BCUT2D eigenvalue weighted by atomic mass is 16.5. The van der Waals surface area contributed by atoms with Crippen molar-refractivity contribution in [1.82, 2.24) is 0 Å². The summed E-state index contributed by atoms with van der Waals surface area (Å²) in [6, 6.07) is 13.0. The third kappa shape index (κ3) is 2.80. The molecule has 0 heterocycles.